The maximum atomic E-state index is 11.5. The molecular formula is C18H18BrN2OS+. The first-order chi connectivity index (χ1) is 11.1. The van der Waals surface area contributed by atoms with Gasteiger partial charge >= 0.3 is 5.17 Å². The van der Waals surface area contributed by atoms with Crippen LogP contribution in [0.4, 0.5) is 5.69 Å². The van der Waals surface area contributed by atoms with Crippen molar-refractivity contribution >= 4 is 38.5 Å². The van der Waals surface area contributed by atoms with Crippen LogP contribution in [0.5, 0.6) is 0 Å². The van der Waals surface area contributed by atoms with Crippen LogP contribution in [0.2, 0.25) is 0 Å². The summed E-state index contributed by atoms with van der Waals surface area (Å²) in [5, 5.41) is 12.6. The van der Waals surface area contributed by atoms with Crippen LogP contribution in [0.3, 0.4) is 0 Å². The lowest BCUT2D eigenvalue weighted by Crippen LogP contribution is -2.41. The van der Waals surface area contributed by atoms with Crippen molar-refractivity contribution in [1.29, 1.82) is 0 Å². The fourth-order valence-electron chi connectivity index (χ4n) is 3.30. The van der Waals surface area contributed by atoms with Gasteiger partial charge in [-0.3, -0.25) is 0 Å². The summed E-state index contributed by atoms with van der Waals surface area (Å²) < 4.78 is 3.17. The highest BCUT2D eigenvalue weighted by molar-refractivity contribution is 9.10. The zero-order valence-electron chi connectivity index (χ0n) is 12.9. The van der Waals surface area contributed by atoms with Gasteiger partial charge in [0.15, 0.2) is 6.54 Å². The molecule has 0 saturated heterocycles. The predicted molar refractivity (Wildman–Crippen MR) is 99.2 cm³/mol. The van der Waals surface area contributed by atoms with Crippen LogP contribution in [0.25, 0.3) is 0 Å². The Morgan fingerprint density at radius 3 is 2.74 bits per heavy atom. The molecule has 2 aromatic carbocycles. The predicted octanol–water partition coefficient (Wildman–Crippen LogP) is 3.54. The normalized spacial score (nSPS) is 23.5. The molecule has 0 spiro atoms. The minimum Gasteiger partial charge on any atom is -0.346 e. The highest BCUT2D eigenvalue weighted by Crippen LogP contribution is 2.38. The van der Waals surface area contributed by atoms with E-state index in [1.54, 1.807) is 0 Å². The van der Waals surface area contributed by atoms with Gasteiger partial charge in [-0.25, -0.2) is 9.48 Å². The smallest absolute Gasteiger partial charge is 0.316 e. The molecule has 1 unspecified atom stereocenters. The van der Waals surface area contributed by atoms with Gasteiger partial charge in [-0.15, -0.1) is 0 Å². The van der Waals surface area contributed by atoms with Crippen LogP contribution in [-0.2, 0) is 5.72 Å². The molecule has 0 bridgehead atoms. The van der Waals surface area contributed by atoms with E-state index >= 15 is 0 Å². The Morgan fingerprint density at radius 1 is 1.22 bits per heavy atom. The fraction of sp³-hybridized carbons (Fsp3) is 0.278. The Morgan fingerprint density at radius 2 is 2.00 bits per heavy atom. The number of anilines is 1. The Balaban J connectivity index is 1.78. The second-order valence-electron chi connectivity index (χ2n) is 6.03. The summed E-state index contributed by atoms with van der Waals surface area (Å²) in [7, 11) is 0. The maximum absolute atomic E-state index is 11.5. The van der Waals surface area contributed by atoms with Gasteiger partial charge in [0.1, 0.15) is 5.69 Å². The zero-order valence-corrected chi connectivity index (χ0v) is 15.3. The van der Waals surface area contributed by atoms with Crippen LogP contribution in [0.1, 0.15) is 11.1 Å². The molecule has 0 aromatic heterocycles. The Bertz CT molecular complexity index is 790. The Hall–Kier alpha value is -1.30. The number of hydrogen-bond donors (Lipinski definition) is 1. The molecule has 0 aliphatic carbocycles. The molecule has 23 heavy (non-hydrogen) atoms. The average molecular weight is 390 g/mol. The molecule has 0 amide bonds. The largest absolute Gasteiger partial charge is 0.346 e. The molecular weight excluding hydrogens is 372 g/mol. The zero-order chi connectivity index (χ0) is 16.0. The summed E-state index contributed by atoms with van der Waals surface area (Å²) in [4.78, 5) is 2.24. The average Bonchev–Trinajstić information content (AvgIpc) is 3.12. The van der Waals surface area contributed by atoms with Gasteiger partial charge in [-0.05, 0) is 48.5 Å². The van der Waals surface area contributed by atoms with Crippen LogP contribution in [0.15, 0.2) is 53.0 Å². The van der Waals surface area contributed by atoms with Gasteiger partial charge in [0.2, 0.25) is 0 Å². The van der Waals surface area contributed by atoms with Crippen molar-refractivity contribution in [3.05, 3.63) is 64.1 Å². The first kappa shape index (κ1) is 15.2. The number of hydrogen-bond acceptors (Lipinski definition) is 3. The third kappa shape index (κ3) is 2.51. The van der Waals surface area contributed by atoms with Crippen molar-refractivity contribution in [3.63, 3.8) is 0 Å². The van der Waals surface area contributed by atoms with E-state index in [-0.39, 0.29) is 0 Å². The van der Waals surface area contributed by atoms with Crippen molar-refractivity contribution in [2.75, 3.05) is 23.7 Å². The quantitative estimate of drug-likeness (QED) is 0.795. The number of amidine groups is 1. The van der Waals surface area contributed by atoms with E-state index in [9.17, 15) is 5.11 Å². The number of aryl methyl sites for hydroxylation is 1. The topological polar surface area (TPSA) is 26.5 Å². The van der Waals surface area contributed by atoms with Crippen molar-refractivity contribution in [2.45, 2.75) is 12.6 Å². The van der Waals surface area contributed by atoms with Crippen molar-refractivity contribution in [2.24, 2.45) is 0 Å². The van der Waals surface area contributed by atoms with Gasteiger partial charge in [-0.1, -0.05) is 40.2 Å². The second-order valence-corrected chi connectivity index (χ2v) is 8.01. The number of nitrogens with zero attached hydrogens (tertiary/aromatic N) is 2. The van der Waals surface area contributed by atoms with E-state index in [4.69, 9.17) is 0 Å². The van der Waals surface area contributed by atoms with Crippen LogP contribution >= 0.6 is 27.7 Å². The number of rotatable bonds is 2. The van der Waals surface area contributed by atoms with Crippen LogP contribution in [0, 0.1) is 6.92 Å². The third-order valence-corrected chi connectivity index (χ3v) is 6.07. The number of aliphatic hydroxyl groups is 1. The van der Waals surface area contributed by atoms with Crippen molar-refractivity contribution in [1.82, 2.24) is 0 Å². The molecule has 2 aromatic rings. The first-order valence-corrected chi connectivity index (χ1v) is 9.46. The van der Waals surface area contributed by atoms with E-state index in [1.807, 2.05) is 36.0 Å². The van der Waals surface area contributed by atoms with Gasteiger partial charge in [0.05, 0.1) is 6.54 Å². The molecule has 2 aliphatic heterocycles. The van der Waals surface area contributed by atoms with Gasteiger partial charge in [0.25, 0.3) is 5.72 Å². The number of thioether (sulfide) groups is 1. The monoisotopic (exact) mass is 389 g/mol. The van der Waals surface area contributed by atoms with Crippen molar-refractivity contribution in [3.8, 4) is 0 Å². The number of benzene rings is 2. The molecule has 1 atom stereocenters. The maximum Gasteiger partial charge on any atom is 0.316 e. The number of halogens is 1. The van der Waals surface area contributed by atoms with Gasteiger partial charge in [0, 0.05) is 15.8 Å². The third-order valence-electron chi connectivity index (χ3n) is 4.45. The minimum absolute atomic E-state index is 0.556. The Kier molecular flexibility index (Phi) is 3.75. The molecule has 1 N–H and O–H groups in total. The summed E-state index contributed by atoms with van der Waals surface area (Å²) >= 11 is 5.29. The number of β-amino-alcohol motifs (C(OH)–C–C–N with tert-alkyl or cyclic N) is 1. The lowest BCUT2D eigenvalue weighted by molar-refractivity contribution is -0.650. The van der Waals surface area contributed by atoms with Crippen LogP contribution in [-0.4, -0.2) is 33.7 Å². The van der Waals surface area contributed by atoms with Crippen molar-refractivity contribution < 1.29 is 9.68 Å². The molecule has 2 heterocycles. The molecule has 0 fully saturated rings. The van der Waals surface area contributed by atoms with Gasteiger partial charge < -0.3 is 5.11 Å². The summed E-state index contributed by atoms with van der Waals surface area (Å²) in [5.41, 5.74) is 2.35. The highest BCUT2D eigenvalue weighted by atomic mass is 79.9. The van der Waals surface area contributed by atoms with E-state index in [0.29, 0.717) is 6.54 Å². The second kappa shape index (κ2) is 5.65. The first-order valence-electron chi connectivity index (χ1n) is 7.68. The van der Waals surface area contributed by atoms with Crippen LogP contribution < -0.4 is 4.90 Å². The molecule has 2 aliphatic rings. The summed E-state index contributed by atoms with van der Waals surface area (Å²) in [6, 6.07) is 16.5. The molecule has 3 nitrogen and oxygen atoms in total. The molecule has 0 saturated carbocycles. The van der Waals surface area contributed by atoms with E-state index in [0.717, 1.165) is 33.2 Å². The van der Waals surface area contributed by atoms with E-state index < -0.39 is 5.72 Å². The summed E-state index contributed by atoms with van der Waals surface area (Å²) in [6.07, 6.45) is 0. The fourth-order valence-corrected chi connectivity index (χ4v) is 4.75. The Labute approximate surface area is 148 Å². The molecule has 4 rings (SSSR count). The summed E-state index contributed by atoms with van der Waals surface area (Å²) in [5.74, 6) is 1.01. The van der Waals surface area contributed by atoms with E-state index in [1.165, 1.54) is 5.56 Å². The SMILES string of the molecule is Cc1cccc(N2CC(O)(c3ccc(Br)cc3)[N+]3=C2SCC3)c1. The molecule has 118 valence electrons. The van der Waals surface area contributed by atoms with Gasteiger partial charge in [-0.2, -0.15) is 0 Å². The standard InChI is InChI=1S/C18H18BrN2OS/c1-13-3-2-4-16(11-13)20-12-18(22,21-9-10-23-17(20)21)14-5-7-15(19)8-6-14/h2-8,11,22H,9-10,12H2,1H3/q+1. The lowest BCUT2D eigenvalue weighted by atomic mass is 10.0. The highest BCUT2D eigenvalue weighted by Gasteiger charge is 2.54. The lowest BCUT2D eigenvalue weighted by Gasteiger charge is -2.23. The summed E-state index contributed by atoms with van der Waals surface area (Å²) in [6.45, 7) is 3.53. The minimum atomic E-state index is -0.969. The van der Waals surface area contributed by atoms with E-state index in [2.05, 4.69) is 56.6 Å². The molecule has 0 radical (unpaired) electrons. The molecule has 5 heteroatoms.